The highest BCUT2D eigenvalue weighted by atomic mass is 16.5. The minimum Gasteiger partial charge on any atom is -0.491 e. The Morgan fingerprint density at radius 3 is 1.94 bits per heavy atom. The number of carboxylic acid groups (broad SMARTS) is 1. The van der Waals surface area contributed by atoms with E-state index in [1.165, 1.54) is 22.3 Å². The standard InChI is InChI=1S/C42H40O5/c1-2-45-40(42(43)44)29-32-14-20-37(21-15-32)46-23-24-47-41-38-22-16-33(25-30-9-5-3-6-10-30)27-36(38)19-18-35-17-13-34(28-39(35)41)26-31-11-7-4-8-12-31/h3-22,27-28,40-41H,2,23-26,29H2,1H3,(H,43,44). The fourth-order valence-corrected chi connectivity index (χ4v) is 6.10. The van der Waals surface area contributed by atoms with E-state index in [1.54, 1.807) is 6.92 Å². The Labute approximate surface area is 277 Å². The van der Waals surface area contributed by atoms with Crippen LogP contribution in [-0.4, -0.2) is 37.0 Å². The van der Waals surface area contributed by atoms with Crippen molar-refractivity contribution in [3.05, 3.63) is 171 Å². The number of hydrogen-bond acceptors (Lipinski definition) is 4. The molecule has 1 aliphatic carbocycles. The SMILES string of the molecule is CCOC(Cc1ccc(OCCOC2c3ccc(Cc4ccccc4)cc3C=Cc3ccc(Cc4ccccc4)cc32)cc1)C(=O)O. The highest BCUT2D eigenvalue weighted by molar-refractivity contribution is 5.77. The summed E-state index contributed by atoms with van der Waals surface area (Å²) in [6.45, 7) is 2.92. The van der Waals surface area contributed by atoms with Crippen molar-refractivity contribution in [1.29, 1.82) is 0 Å². The van der Waals surface area contributed by atoms with Crippen molar-refractivity contribution in [3.63, 3.8) is 0 Å². The van der Waals surface area contributed by atoms with Crippen LogP contribution in [0.2, 0.25) is 0 Å². The van der Waals surface area contributed by atoms with Crippen LogP contribution in [0.4, 0.5) is 0 Å². The first-order valence-electron chi connectivity index (χ1n) is 16.2. The third-order valence-electron chi connectivity index (χ3n) is 8.44. The first kappa shape index (κ1) is 32.0. The molecule has 0 radical (unpaired) electrons. The third kappa shape index (κ3) is 8.44. The van der Waals surface area contributed by atoms with Gasteiger partial charge in [-0.15, -0.1) is 0 Å². The summed E-state index contributed by atoms with van der Waals surface area (Å²) in [6.07, 6.45) is 5.33. The second kappa shape index (κ2) is 15.5. The monoisotopic (exact) mass is 624 g/mol. The van der Waals surface area contributed by atoms with Crippen LogP contribution < -0.4 is 4.74 Å². The number of aliphatic carboxylic acids is 1. The second-order valence-corrected chi connectivity index (χ2v) is 11.8. The molecule has 0 aliphatic heterocycles. The molecule has 0 heterocycles. The average Bonchev–Trinajstić information content (AvgIpc) is 3.24. The molecule has 0 amide bonds. The molecule has 0 aromatic heterocycles. The topological polar surface area (TPSA) is 65.0 Å². The number of hydrogen-bond donors (Lipinski definition) is 1. The number of rotatable bonds is 14. The summed E-state index contributed by atoms with van der Waals surface area (Å²) in [6, 6.07) is 42.0. The quantitative estimate of drug-likeness (QED) is 0.125. The molecule has 5 heteroatoms. The molecular formula is C42H40O5. The third-order valence-corrected chi connectivity index (χ3v) is 8.44. The van der Waals surface area contributed by atoms with Gasteiger partial charge in [-0.1, -0.05) is 121 Å². The van der Waals surface area contributed by atoms with Gasteiger partial charge < -0.3 is 19.3 Å². The van der Waals surface area contributed by atoms with Gasteiger partial charge in [0.15, 0.2) is 6.10 Å². The summed E-state index contributed by atoms with van der Waals surface area (Å²) in [5.41, 5.74) is 10.5. The molecule has 6 rings (SSSR count). The van der Waals surface area contributed by atoms with E-state index in [9.17, 15) is 9.90 Å². The smallest absolute Gasteiger partial charge is 0.333 e. The van der Waals surface area contributed by atoms with E-state index in [-0.39, 0.29) is 6.10 Å². The molecule has 2 atom stereocenters. The molecule has 5 nitrogen and oxygen atoms in total. The molecule has 0 saturated heterocycles. The van der Waals surface area contributed by atoms with Crippen molar-refractivity contribution < 1.29 is 24.1 Å². The van der Waals surface area contributed by atoms with Crippen molar-refractivity contribution in [2.45, 2.75) is 38.4 Å². The van der Waals surface area contributed by atoms with Gasteiger partial charge in [0, 0.05) is 13.0 Å². The average molecular weight is 625 g/mol. The van der Waals surface area contributed by atoms with Crippen molar-refractivity contribution in [2.24, 2.45) is 0 Å². The first-order valence-corrected chi connectivity index (χ1v) is 16.2. The lowest BCUT2D eigenvalue weighted by Gasteiger charge is -2.22. The Balaban J connectivity index is 1.19. The number of benzene rings is 5. The van der Waals surface area contributed by atoms with Gasteiger partial charge in [0.05, 0.1) is 6.61 Å². The Bertz CT molecular complexity index is 1800. The normalized spacial score (nSPS) is 14.1. The minimum atomic E-state index is -0.958. The first-order chi connectivity index (χ1) is 23.1. The van der Waals surface area contributed by atoms with Crippen molar-refractivity contribution in [3.8, 4) is 5.75 Å². The second-order valence-electron chi connectivity index (χ2n) is 11.8. The van der Waals surface area contributed by atoms with Crippen LogP contribution in [0.15, 0.2) is 121 Å². The summed E-state index contributed by atoms with van der Waals surface area (Å²) >= 11 is 0. The predicted molar refractivity (Wildman–Crippen MR) is 187 cm³/mol. The van der Waals surface area contributed by atoms with E-state index in [4.69, 9.17) is 14.2 Å². The fraction of sp³-hybridized carbons (Fsp3) is 0.214. The van der Waals surface area contributed by atoms with E-state index >= 15 is 0 Å². The summed E-state index contributed by atoms with van der Waals surface area (Å²) < 4.78 is 18.1. The molecule has 0 spiro atoms. The number of fused-ring (bicyclic) bond motifs is 2. The van der Waals surface area contributed by atoms with Crippen LogP contribution in [0.25, 0.3) is 12.2 Å². The Morgan fingerprint density at radius 1 is 0.660 bits per heavy atom. The summed E-state index contributed by atoms with van der Waals surface area (Å²) in [4.78, 5) is 11.5. The lowest BCUT2D eigenvalue weighted by atomic mass is 9.92. The lowest BCUT2D eigenvalue weighted by molar-refractivity contribution is -0.149. The van der Waals surface area contributed by atoms with Crippen LogP contribution in [0, 0.1) is 0 Å². The van der Waals surface area contributed by atoms with Gasteiger partial charge in [0.1, 0.15) is 18.5 Å². The molecule has 5 aromatic carbocycles. The van der Waals surface area contributed by atoms with E-state index in [2.05, 4.69) is 97.1 Å². The van der Waals surface area contributed by atoms with E-state index in [0.29, 0.717) is 32.0 Å². The Hall–Kier alpha value is -4.97. The Morgan fingerprint density at radius 2 is 1.28 bits per heavy atom. The number of carbonyl (C=O) groups is 1. The largest absolute Gasteiger partial charge is 0.491 e. The molecular weight excluding hydrogens is 584 g/mol. The van der Waals surface area contributed by atoms with Crippen LogP contribution >= 0.6 is 0 Å². The van der Waals surface area contributed by atoms with Gasteiger partial charge in [-0.05, 0) is 82.0 Å². The minimum absolute atomic E-state index is 0.256. The molecule has 1 N–H and O–H groups in total. The maximum atomic E-state index is 11.5. The van der Waals surface area contributed by atoms with Crippen molar-refractivity contribution >= 4 is 18.1 Å². The number of carboxylic acids is 1. The molecule has 238 valence electrons. The van der Waals surface area contributed by atoms with Crippen molar-refractivity contribution in [2.75, 3.05) is 19.8 Å². The van der Waals surface area contributed by atoms with Crippen LogP contribution in [0.5, 0.6) is 5.75 Å². The zero-order chi connectivity index (χ0) is 32.4. The number of ether oxygens (including phenoxy) is 3. The van der Waals surface area contributed by atoms with Gasteiger partial charge in [0.25, 0.3) is 0 Å². The van der Waals surface area contributed by atoms with Gasteiger partial charge >= 0.3 is 5.97 Å². The Kier molecular flexibility index (Phi) is 10.6. The molecule has 0 saturated carbocycles. The van der Waals surface area contributed by atoms with Crippen LogP contribution in [0.3, 0.4) is 0 Å². The molecule has 0 bridgehead atoms. The molecule has 2 unspecified atom stereocenters. The molecule has 5 aromatic rings. The van der Waals surface area contributed by atoms with Gasteiger partial charge in [-0.25, -0.2) is 4.79 Å². The van der Waals surface area contributed by atoms with E-state index in [0.717, 1.165) is 40.7 Å². The van der Waals surface area contributed by atoms with E-state index < -0.39 is 12.1 Å². The summed E-state index contributed by atoms with van der Waals surface area (Å²) in [5.74, 6) is -0.250. The maximum absolute atomic E-state index is 11.5. The van der Waals surface area contributed by atoms with Crippen molar-refractivity contribution in [1.82, 2.24) is 0 Å². The maximum Gasteiger partial charge on any atom is 0.333 e. The zero-order valence-corrected chi connectivity index (χ0v) is 26.7. The highest BCUT2D eigenvalue weighted by Crippen LogP contribution is 2.37. The molecule has 1 aliphatic rings. The van der Waals surface area contributed by atoms with E-state index in [1.807, 2.05) is 36.4 Å². The van der Waals surface area contributed by atoms with Gasteiger partial charge in [-0.2, -0.15) is 0 Å². The zero-order valence-electron chi connectivity index (χ0n) is 26.7. The molecule has 0 fully saturated rings. The highest BCUT2D eigenvalue weighted by Gasteiger charge is 2.23. The molecule has 47 heavy (non-hydrogen) atoms. The van der Waals surface area contributed by atoms with Gasteiger partial charge in [0.2, 0.25) is 0 Å². The van der Waals surface area contributed by atoms with Gasteiger partial charge in [-0.3, -0.25) is 0 Å². The van der Waals surface area contributed by atoms with Crippen LogP contribution in [-0.2, 0) is 33.5 Å². The fourth-order valence-electron chi connectivity index (χ4n) is 6.10. The van der Waals surface area contributed by atoms with Crippen LogP contribution in [0.1, 0.15) is 63.1 Å². The summed E-state index contributed by atoms with van der Waals surface area (Å²) in [5, 5.41) is 9.40. The lowest BCUT2D eigenvalue weighted by Crippen LogP contribution is -2.26. The summed E-state index contributed by atoms with van der Waals surface area (Å²) in [7, 11) is 0. The predicted octanol–water partition coefficient (Wildman–Crippen LogP) is 8.57.